The van der Waals surface area contributed by atoms with Crippen molar-refractivity contribution in [3.05, 3.63) is 41.3 Å². The van der Waals surface area contributed by atoms with E-state index in [0.717, 1.165) is 12.4 Å². The first-order valence-corrected chi connectivity index (χ1v) is 4.96. The average molecular weight is 223 g/mol. The lowest BCUT2D eigenvalue weighted by molar-refractivity contribution is 0.769. The maximum atomic E-state index is 5.77. The van der Waals surface area contributed by atoms with Crippen LogP contribution in [0.4, 0.5) is 5.82 Å². The summed E-state index contributed by atoms with van der Waals surface area (Å²) in [5, 5.41) is 7.76. The zero-order chi connectivity index (χ0) is 10.7. The third kappa shape index (κ3) is 2.47. The van der Waals surface area contributed by atoms with Crippen LogP contribution in [-0.2, 0) is 13.6 Å². The molecule has 0 bridgehead atoms. The lowest BCUT2D eigenvalue weighted by Gasteiger charge is -2.05. The molecular formula is C10H11ClN4. The van der Waals surface area contributed by atoms with E-state index in [9.17, 15) is 0 Å². The van der Waals surface area contributed by atoms with Gasteiger partial charge in [0.15, 0.2) is 5.15 Å². The van der Waals surface area contributed by atoms with Crippen LogP contribution in [-0.4, -0.2) is 14.8 Å². The molecule has 0 saturated heterocycles. The SMILES string of the molecule is Cn1nc(Cl)cc1NCc1ccncc1. The molecule has 2 aromatic rings. The summed E-state index contributed by atoms with van der Waals surface area (Å²) in [5.74, 6) is 0.900. The second-order valence-corrected chi connectivity index (χ2v) is 3.57. The summed E-state index contributed by atoms with van der Waals surface area (Å²) in [6, 6.07) is 5.72. The highest BCUT2D eigenvalue weighted by atomic mass is 35.5. The van der Waals surface area contributed by atoms with Gasteiger partial charge in [-0.2, -0.15) is 5.10 Å². The Hall–Kier alpha value is -1.55. The van der Waals surface area contributed by atoms with Gasteiger partial charge in [-0.05, 0) is 17.7 Å². The van der Waals surface area contributed by atoms with Crippen molar-refractivity contribution < 1.29 is 0 Å². The number of pyridine rings is 1. The van der Waals surface area contributed by atoms with Crippen molar-refractivity contribution in [2.45, 2.75) is 6.54 Å². The van der Waals surface area contributed by atoms with E-state index in [2.05, 4.69) is 15.4 Å². The van der Waals surface area contributed by atoms with Crippen LogP contribution >= 0.6 is 11.6 Å². The molecule has 0 amide bonds. The molecule has 0 saturated carbocycles. The molecular weight excluding hydrogens is 212 g/mol. The van der Waals surface area contributed by atoms with Crippen molar-refractivity contribution in [3.8, 4) is 0 Å². The van der Waals surface area contributed by atoms with Crippen LogP contribution in [0.5, 0.6) is 0 Å². The molecule has 0 aromatic carbocycles. The summed E-state index contributed by atoms with van der Waals surface area (Å²) in [7, 11) is 1.85. The van der Waals surface area contributed by atoms with E-state index in [1.807, 2.05) is 19.2 Å². The van der Waals surface area contributed by atoms with E-state index in [-0.39, 0.29) is 0 Å². The minimum atomic E-state index is 0.495. The first-order chi connectivity index (χ1) is 7.25. The highest BCUT2D eigenvalue weighted by Crippen LogP contribution is 2.14. The van der Waals surface area contributed by atoms with Gasteiger partial charge in [-0.15, -0.1) is 0 Å². The van der Waals surface area contributed by atoms with Gasteiger partial charge in [-0.25, -0.2) is 0 Å². The zero-order valence-corrected chi connectivity index (χ0v) is 9.07. The standard InChI is InChI=1S/C10H11ClN4/c1-15-10(6-9(11)14-15)13-7-8-2-4-12-5-3-8/h2-6,13H,7H2,1H3. The molecule has 1 N–H and O–H groups in total. The van der Waals surface area contributed by atoms with Gasteiger partial charge in [-0.3, -0.25) is 9.67 Å². The van der Waals surface area contributed by atoms with Crippen LogP contribution in [0.25, 0.3) is 0 Å². The topological polar surface area (TPSA) is 42.7 Å². The zero-order valence-electron chi connectivity index (χ0n) is 8.31. The minimum Gasteiger partial charge on any atom is -0.366 e. The van der Waals surface area contributed by atoms with Gasteiger partial charge in [0.1, 0.15) is 5.82 Å². The van der Waals surface area contributed by atoms with Crippen LogP contribution < -0.4 is 5.32 Å². The monoisotopic (exact) mass is 222 g/mol. The van der Waals surface area contributed by atoms with Gasteiger partial charge in [0, 0.05) is 32.1 Å². The van der Waals surface area contributed by atoms with Crippen molar-refractivity contribution >= 4 is 17.4 Å². The Kier molecular flexibility index (Phi) is 2.87. The summed E-state index contributed by atoms with van der Waals surface area (Å²) in [6.07, 6.45) is 3.54. The molecule has 0 fully saturated rings. The van der Waals surface area contributed by atoms with Gasteiger partial charge in [0.2, 0.25) is 0 Å². The van der Waals surface area contributed by atoms with Gasteiger partial charge in [0.05, 0.1) is 0 Å². The van der Waals surface area contributed by atoms with E-state index in [1.54, 1.807) is 23.1 Å². The fourth-order valence-electron chi connectivity index (χ4n) is 1.29. The van der Waals surface area contributed by atoms with Crippen LogP contribution in [0, 0.1) is 0 Å². The van der Waals surface area contributed by atoms with E-state index in [0.29, 0.717) is 5.15 Å². The number of hydrogen-bond donors (Lipinski definition) is 1. The lowest BCUT2D eigenvalue weighted by Crippen LogP contribution is -2.04. The highest BCUT2D eigenvalue weighted by Gasteiger charge is 2.01. The fourth-order valence-corrected chi connectivity index (χ4v) is 1.51. The van der Waals surface area contributed by atoms with Gasteiger partial charge in [0.25, 0.3) is 0 Å². The molecule has 0 unspecified atom stereocenters. The van der Waals surface area contributed by atoms with Gasteiger partial charge in [-0.1, -0.05) is 11.6 Å². The molecule has 0 spiro atoms. The van der Waals surface area contributed by atoms with Crippen molar-refractivity contribution in [2.24, 2.45) is 7.05 Å². The molecule has 0 aliphatic carbocycles. The molecule has 0 aliphatic rings. The summed E-state index contributed by atoms with van der Waals surface area (Å²) in [4.78, 5) is 3.96. The van der Waals surface area contributed by atoms with Crippen molar-refractivity contribution in [1.82, 2.24) is 14.8 Å². The third-order valence-corrected chi connectivity index (χ3v) is 2.26. The number of anilines is 1. The molecule has 78 valence electrons. The van der Waals surface area contributed by atoms with Gasteiger partial charge < -0.3 is 5.32 Å². The number of nitrogens with zero attached hydrogens (tertiary/aromatic N) is 3. The number of aromatic nitrogens is 3. The van der Waals surface area contributed by atoms with E-state index in [4.69, 9.17) is 11.6 Å². The number of nitrogens with one attached hydrogen (secondary N) is 1. The predicted octanol–water partition coefficient (Wildman–Crippen LogP) is 2.08. The van der Waals surface area contributed by atoms with Crippen LogP contribution in [0.3, 0.4) is 0 Å². The summed E-state index contributed by atoms with van der Waals surface area (Å²) in [5.41, 5.74) is 1.17. The number of aryl methyl sites for hydroxylation is 1. The van der Waals surface area contributed by atoms with E-state index >= 15 is 0 Å². The maximum Gasteiger partial charge on any atom is 0.153 e. The maximum absolute atomic E-state index is 5.77. The number of rotatable bonds is 3. The Labute approximate surface area is 92.9 Å². The Morgan fingerprint density at radius 1 is 1.40 bits per heavy atom. The molecule has 5 heteroatoms. The van der Waals surface area contributed by atoms with Gasteiger partial charge >= 0.3 is 0 Å². The van der Waals surface area contributed by atoms with Crippen LogP contribution in [0.1, 0.15) is 5.56 Å². The molecule has 2 heterocycles. The van der Waals surface area contributed by atoms with E-state index in [1.165, 1.54) is 5.56 Å². The normalized spacial score (nSPS) is 10.3. The second kappa shape index (κ2) is 4.31. The number of hydrogen-bond acceptors (Lipinski definition) is 3. The smallest absolute Gasteiger partial charge is 0.153 e. The Bertz CT molecular complexity index is 438. The van der Waals surface area contributed by atoms with Crippen LogP contribution in [0.15, 0.2) is 30.6 Å². The largest absolute Gasteiger partial charge is 0.366 e. The summed E-state index contributed by atoms with van der Waals surface area (Å²) in [6.45, 7) is 0.735. The first-order valence-electron chi connectivity index (χ1n) is 4.58. The molecule has 0 radical (unpaired) electrons. The third-order valence-electron chi connectivity index (χ3n) is 2.07. The molecule has 4 nitrogen and oxygen atoms in total. The molecule has 0 aliphatic heterocycles. The molecule has 2 aromatic heterocycles. The minimum absolute atomic E-state index is 0.495. The summed E-state index contributed by atoms with van der Waals surface area (Å²) >= 11 is 5.77. The molecule has 2 rings (SSSR count). The Morgan fingerprint density at radius 2 is 2.13 bits per heavy atom. The van der Waals surface area contributed by atoms with Crippen molar-refractivity contribution in [1.29, 1.82) is 0 Å². The van der Waals surface area contributed by atoms with Crippen molar-refractivity contribution in [2.75, 3.05) is 5.32 Å². The quantitative estimate of drug-likeness (QED) is 0.865. The van der Waals surface area contributed by atoms with Crippen LogP contribution in [0.2, 0.25) is 5.15 Å². The molecule has 0 atom stereocenters. The average Bonchev–Trinajstić information content (AvgIpc) is 2.56. The highest BCUT2D eigenvalue weighted by molar-refractivity contribution is 6.29. The predicted molar refractivity (Wildman–Crippen MR) is 59.8 cm³/mol. The second-order valence-electron chi connectivity index (χ2n) is 3.18. The Balaban J connectivity index is 2.02. The fraction of sp³-hybridized carbons (Fsp3) is 0.200. The number of halogens is 1. The van der Waals surface area contributed by atoms with E-state index < -0.39 is 0 Å². The summed E-state index contributed by atoms with van der Waals surface area (Å²) < 4.78 is 1.71. The Morgan fingerprint density at radius 3 is 2.73 bits per heavy atom. The first kappa shape index (κ1) is 9.98. The van der Waals surface area contributed by atoms with Crippen molar-refractivity contribution in [3.63, 3.8) is 0 Å². The molecule has 15 heavy (non-hydrogen) atoms. The lowest BCUT2D eigenvalue weighted by atomic mass is 10.3.